The minimum atomic E-state index is 1.06. The third-order valence-electron chi connectivity index (χ3n) is 7.79. The van der Waals surface area contributed by atoms with E-state index in [-0.39, 0.29) is 0 Å². The van der Waals surface area contributed by atoms with Crippen molar-refractivity contribution in [1.82, 2.24) is 0 Å². The van der Waals surface area contributed by atoms with Crippen molar-refractivity contribution in [1.29, 1.82) is 0 Å². The lowest BCUT2D eigenvalue weighted by Crippen LogP contribution is -1.98. The van der Waals surface area contributed by atoms with Crippen LogP contribution in [-0.2, 0) is 0 Å². The summed E-state index contributed by atoms with van der Waals surface area (Å²) in [6.07, 6.45) is 7.72. The molecule has 190 valence electrons. The van der Waals surface area contributed by atoms with E-state index < -0.39 is 0 Å². The standard InChI is InChI=1S/C40H30/c1-5-27-16-13-19-36(33(27)6-2)40-35(8-4)34(7-3)39(37-17-11-12-18-38(37)40)30-23-20-29(21-24-30)32-25-22-28-14-9-10-15-31(28)26-32/h5-26H,1-4H2. The fraction of sp³-hybridized carbons (Fsp3) is 0. The lowest BCUT2D eigenvalue weighted by molar-refractivity contribution is 1.55. The van der Waals surface area contributed by atoms with Gasteiger partial charge in [-0.2, -0.15) is 0 Å². The molecule has 0 spiro atoms. The highest BCUT2D eigenvalue weighted by Gasteiger charge is 2.20. The van der Waals surface area contributed by atoms with E-state index in [4.69, 9.17) is 0 Å². The maximum Gasteiger partial charge on any atom is -0.00204 e. The first-order valence-corrected chi connectivity index (χ1v) is 13.5. The van der Waals surface area contributed by atoms with E-state index >= 15 is 0 Å². The Bertz CT molecular complexity index is 1950. The second kappa shape index (κ2) is 10.5. The molecule has 0 amide bonds. The van der Waals surface area contributed by atoms with Gasteiger partial charge >= 0.3 is 0 Å². The summed E-state index contributed by atoms with van der Waals surface area (Å²) in [5, 5.41) is 4.84. The number of benzene rings is 6. The monoisotopic (exact) mass is 510 g/mol. The van der Waals surface area contributed by atoms with Gasteiger partial charge in [-0.15, -0.1) is 0 Å². The molecule has 0 heterocycles. The van der Waals surface area contributed by atoms with Crippen molar-refractivity contribution in [2.24, 2.45) is 0 Å². The van der Waals surface area contributed by atoms with Gasteiger partial charge in [0.25, 0.3) is 0 Å². The lowest BCUT2D eigenvalue weighted by Gasteiger charge is -2.22. The Morgan fingerprint density at radius 3 is 1.65 bits per heavy atom. The Labute approximate surface area is 236 Å². The molecule has 0 nitrogen and oxygen atoms in total. The summed E-state index contributed by atoms with van der Waals surface area (Å²) in [6.45, 7) is 16.7. The maximum absolute atomic E-state index is 4.25. The van der Waals surface area contributed by atoms with Crippen LogP contribution in [0.15, 0.2) is 136 Å². The van der Waals surface area contributed by atoms with E-state index in [1.165, 1.54) is 32.7 Å². The van der Waals surface area contributed by atoms with Crippen molar-refractivity contribution in [2.45, 2.75) is 0 Å². The zero-order valence-electron chi connectivity index (χ0n) is 22.5. The zero-order chi connectivity index (χ0) is 27.6. The minimum absolute atomic E-state index is 1.06. The lowest BCUT2D eigenvalue weighted by atomic mass is 9.81. The molecule has 0 aromatic heterocycles. The van der Waals surface area contributed by atoms with Crippen molar-refractivity contribution in [3.05, 3.63) is 158 Å². The third-order valence-corrected chi connectivity index (χ3v) is 7.79. The highest BCUT2D eigenvalue weighted by molar-refractivity contribution is 6.12. The summed E-state index contributed by atoms with van der Waals surface area (Å²) in [4.78, 5) is 0. The maximum atomic E-state index is 4.25. The average Bonchev–Trinajstić information content (AvgIpc) is 3.02. The summed E-state index contributed by atoms with van der Waals surface area (Å²) >= 11 is 0. The molecule has 0 atom stereocenters. The van der Waals surface area contributed by atoms with Crippen molar-refractivity contribution < 1.29 is 0 Å². The predicted octanol–water partition coefficient (Wildman–Crippen LogP) is 11.6. The van der Waals surface area contributed by atoms with Gasteiger partial charge in [-0.05, 0) is 83.2 Å². The molecule has 0 heteroatoms. The SMILES string of the molecule is C=Cc1cccc(-c2c(C=C)c(C=C)c(-c3ccc(-c4ccc5ccccc5c4)cc3)c3ccccc23)c1C=C. The van der Waals surface area contributed by atoms with E-state index in [0.717, 1.165) is 44.5 Å². The van der Waals surface area contributed by atoms with Gasteiger partial charge in [-0.25, -0.2) is 0 Å². The zero-order valence-corrected chi connectivity index (χ0v) is 22.5. The summed E-state index contributed by atoms with van der Waals surface area (Å²) in [5.41, 5.74) is 11.2. The fourth-order valence-corrected chi connectivity index (χ4v) is 5.91. The van der Waals surface area contributed by atoms with E-state index in [2.05, 4.69) is 136 Å². The summed E-state index contributed by atoms with van der Waals surface area (Å²) in [5.74, 6) is 0. The highest BCUT2D eigenvalue weighted by atomic mass is 14.2. The summed E-state index contributed by atoms with van der Waals surface area (Å²) in [6, 6.07) is 38.9. The first-order valence-electron chi connectivity index (χ1n) is 13.5. The van der Waals surface area contributed by atoms with Crippen LogP contribution >= 0.6 is 0 Å². The smallest absolute Gasteiger partial charge is 0.00204 e. The van der Waals surface area contributed by atoms with Gasteiger partial charge < -0.3 is 0 Å². The Hall–Kier alpha value is -5.20. The van der Waals surface area contributed by atoms with Gasteiger partial charge in [-0.1, -0.05) is 154 Å². The Balaban J connectivity index is 1.58. The minimum Gasteiger partial charge on any atom is -0.0984 e. The van der Waals surface area contributed by atoms with Gasteiger partial charge in [0.1, 0.15) is 0 Å². The van der Waals surface area contributed by atoms with E-state index in [1.54, 1.807) is 0 Å². The molecule has 0 N–H and O–H groups in total. The normalized spacial score (nSPS) is 10.9. The molecule has 40 heavy (non-hydrogen) atoms. The van der Waals surface area contributed by atoms with Crippen LogP contribution in [0.2, 0.25) is 0 Å². The molecule has 0 aliphatic rings. The van der Waals surface area contributed by atoms with E-state index in [0.29, 0.717) is 0 Å². The van der Waals surface area contributed by atoms with Crippen LogP contribution in [0.4, 0.5) is 0 Å². The predicted molar refractivity (Wildman–Crippen MR) is 178 cm³/mol. The fourth-order valence-electron chi connectivity index (χ4n) is 5.91. The molecule has 6 aromatic rings. The van der Waals surface area contributed by atoms with Crippen molar-refractivity contribution in [2.75, 3.05) is 0 Å². The van der Waals surface area contributed by atoms with E-state index in [9.17, 15) is 0 Å². The highest BCUT2D eigenvalue weighted by Crippen LogP contribution is 2.45. The van der Waals surface area contributed by atoms with Gasteiger partial charge in [0.15, 0.2) is 0 Å². The molecular formula is C40H30. The Kier molecular flexibility index (Phi) is 6.60. The van der Waals surface area contributed by atoms with Crippen LogP contribution in [0.25, 0.3) is 79.2 Å². The van der Waals surface area contributed by atoms with Crippen molar-refractivity contribution in [3.8, 4) is 33.4 Å². The Morgan fingerprint density at radius 2 is 0.975 bits per heavy atom. The Morgan fingerprint density at radius 1 is 0.400 bits per heavy atom. The molecule has 0 unspecified atom stereocenters. The van der Waals surface area contributed by atoms with Crippen molar-refractivity contribution in [3.63, 3.8) is 0 Å². The van der Waals surface area contributed by atoms with Gasteiger partial charge in [0, 0.05) is 0 Å². The molecule has 0 radical (unpaired) electrons. The molecule has 6 rings (SSSR count). The second-order valence-electron chi connectivity index (χ2n) is 9.89. The second-order valence-corrected chi connectivity index (χ2v) is 9.89. The number of fused-ring (bicyclic) bond motifs is 2. The third kappa shape index (κ3) is 4.11. The molecule has 6 aromatic carbocycles. The molecule has 0 saturated carbocycles. The van der Waals surface area contributed by atoms with Crippen LogP contribution in [0.3, 0.4) is 0 Å². The molecular weight excluding hydrogens is 480 g/mol. The molecule has 0 aliphatic carbocycles. The van der Waals surface area contributed by atoms with Crippen LogP contribution in [0, 0.1) is 0 Å². The van der Waals surface area contributed by atoms with Crippen LogP contribution in [-0.4, -0.2) is 0 Å². The molecule has 0 fully saturated rings. The largest absolute Gasteiger partial charge is 0.0984 e. The van der Waals surface area contributed by atoms with Crippen LogP contribution < -0.4 is 0 Å². The number of hydrogen-bond donors (Lipinski definition) is 0. The molecule has 0 aliphatic heterocycles. The first kappa shape index (κ1) is 25.1. The summed E-state index contributed by atoms with van der Waals surface area (Å²) in [7, 11) is 0. The quantitative estimate of drug-likeness (QED) is 0.200. The number of rotatable bonds is 7. The van der Waals surface area contributed by atoms with Crippen LogP contribution in [0.5, 0.6) is 0 Å². The van der Waals surface area contributed by atoms with Gasteiger partial charge in [-0.3, -0.25) is 0 Å². The first-order chi connectivity index (χ1) is 19.7. The van der Waals surface area contributed by atoms with Gasteiger partial charge in [0.05, 0.1) is 0 Å². The van der Waals surface area contributed by atoms with Crippen LogP contribution in [0.1, 0.15) is 22.3 Å². The summed E-state index contributed by atoms with van der Waals surface area (Å²) < 4.78 is 0. The number of hydrogen-bond acceptors (Lipinski definition) is 0. The van der Waals surface area contributed by atoms with Gasteiger partial charge in [0.2, 0.25) is 0 Å². The van der Waals surface area contributed by atoms with E-state index in [1.807, 2.05) is 24.3 Å². The average molecular weight is 511 g/mol. The molecule has 0 bridgehead atoms. The van der Waals surface area contributed by atoms with Crippen molar-refractivity contribution >= 4 is 45.8 Å². The molecule has 0 saturated heterocycles. The topological polar surface area (TPSA) is 0 Å².